The van der Waals surface area contributed by atoms with Gasteiger partial charge in [0.1, 0.15) is 0 Å². The Morgan fingerprint density at radius 2 is 2.00 bits per heavy atom. The van der Waals surface area contributed by atoms with Crippen LogP contribution < -0.4 is 10.6 Å². The first-order chi connectivity index (χ1) is 9.33. The molecule has 0 radical (unpaired) electrons. The smallest absolute Gasteiger partial charge is 0.191 e. The van der Waals surface area contributed by atoms with Crippen molar-refractivity contribution >= 4 is 29.9 Å². The molecule has 0 saturated heterocycles. The molecule has 0 unspecified atom stereocenters. The summed E-state index contributed by atoms with van der Waals surface area (Å²) in [6.07, 6.45) is 2.51. The Kier molecular flexibility index (Phi) is 7.91. The molecule has 2 rings (SSSR count). The lowest BCUT2D eigenvalue weighted by Gasteiger charge is -2.11. The summed E-state index contributed by atoms with van der Waals surface area (Å²) in [4.78, 5) is 4.65. The lowest BCUT2D eigenvalue weighted by molar-refractivity contribution is 0.184. The summed E-state index contributed by atoms with van der Waals surface area (Å²) in [6, 6.07) is 8.90. The van der Waals surface area contributed by atoms with Gasteiger partial charge in [0, 0.05) is 19.7 Å². The van der Waals surface area contributed by atoms with E-state index in [1.54, 1.807) is 7.11 Å². The van der Waals surface area contributed by atoms with Crippen molar-refractivity contribution in [1.29, 1.82) is 0 Å². The van der Waals surface area contributed by atoms with Crippen LogP contribution in [0.3, 0.4) is 0 Å². The van der Waals surface area contributed by atoms with Crippen molar-refractivity contribution in [3.8, 4) is 0 Å². The molecule has 1 saturated carbocycles. The second-order valence-corrected chi connectivity index (χ2v) is 4.82. The van der Waals surface area contributed by atoms with Crippen LogP contribution in [0, 0.1) is 0 Å². The summed E-state index contributed by atoms with van der Waals surface area (Å²) >= 11 is 0. The van der Waals surface area contributed by atoms with E-state index in [-0.39, 0.29) is 24.0 Å². The fourth-order valence-electron chi connectivity index (χ4n) is 1.91. The number of hydrogen-bond donors (Lipinski definition) is 2. The Morgan fingerprint density at radius 1 is 1.30 bits per heavy atom. The van der Waals surface area contributed by atoms with E-state index in [1.165, 1.54) is 24.0 Å². The molecule has 0 aliphatic heterocycles. The molecule has 1 aliphatic carbocycles. The Hall–Kier alpha value is -0.820. The molecule has 1 aromatic rings. The highest BCUT2D eigenvalue weighted by molar-refractivity contribution is 14.0. The van der Waals surface area contributed by atoms with Crippen molar-refractivity contribution in [3.63, 3.8) is 0 Å². The number of nitrogens with one attached hydrogen (secondary N) is 2. The van der Waals surface area contributed by atoms with Crippen molar-refractivity contribution in [2.24, 2.45) is 4.99 Å². The monoisotopic (exact) mass is 389 g/mol. The molecule has 1 aliphatic rings. The number of rotatable bonds is 6. The standard InChI is InChI=1S/C15H23N3O.HI/c1-3-16-15(18-14-8-9-14)17-10-12-6-4-5-7-13(12)11-19-2;/h4-7,14H,3,8-11H2,1-2H3,(H2,16,17,18);1H. The average molecular weight is 389 g/mol. The Bertz CT molecular complexity index is 433. The average Bonchev–Trinajstić information content (AvgIpc) is 3.22. The molecular formula is C15H24IN3O. The van der Waals surface area contributed by atoms with Crippen LogP contribution >= 0.6 is 24.0 Å². The molecule has 5 heteroatoms. The maximum Gasteiger partial charge on any atom is 0.191 e. The second-order valence-electron chi connectivity index (χ2n) is 4.82. The number of nitrogens with zero attached hydrogens (tertiary/aromatic N) is 1. The molecular weight excluding hydrogens is 365 g/mol. The van der Waals surface area contributed by atoms with E-state index in [2.05, 4.69) is 34.7 Å². The van der Waals surface area contributed by atoms with Gasteiger partial charge in [0.15, 0.2) is 5.96 Å². The van der Waals surface area contributed by atoms with E-state index in [0.29, 0.717) is 19.2 Å². The Balaban J connectivity index is 0.00000200. The lowest BCUT2D eigenvalue weighted by atomic mass is 10.1. The van der Waals surface area contributed by atoms with Crippen LogP contribution in [0.5, 0.6) is 0 Å². The van der Waals surface area contributed by atoms with E-state index in [1.807, 2.05) is 12.1 Å². The molecule has 0 heterocycles. The van der Waals surface area contributed by atoms with Gasteiger partial charge in [0.05, 0.1) is 13.2 Å². The van der Waals surface area contributed by atoms with Gasteiger partial charge in [-0.25, -0.2) is 4.99 Å². The van der Waals surface area contributed by atoms with E-state index in [4.69, 9.17) is 4.74 Å². The highest BCUT2D eigenvalue weighted by atomic mass is 127. The number of aliphatic imine (C=N–C) groups is 1. The highest BCUT2D eigenvalue weighted by Gasteiger charge is 2.22. The molecule has 0 bridgehead atoms. The number of guanidine groups is 1. The van der Waals surface area contributed by atoms with E-state index >= 15 is 0 Å². The number of hydrogen-bond acceptors (Lipinski definition) is 2. The number of halogens is 1. The molecule has 2 N–H and O–H groups in total. The molecule has 1 aromatic carbocycles. The van der Waals surface area contributed by atoms with Gasteiger partial charge in [-0.3, -0.25) is 0 Å². The van der Waals surface area contributed by atoms with E-state index in [9.17, 15) is 0 Å². The van der Waals surface area contributed by atoms with Crippen LogP contribution in [0.15, 0.2) is 29.3 Å². The molecule has 112 valence electrons. The van der Waals surface area contributed by atoms with Gasteiger partial charge in [0.25, 0.3) is 0 Å². The first-order valence-electron chi connectivity index (χ1n) is 6.94. The Morgan fingerprint density at radius 3 is 2.60 bits per heavy atom. The van der Waals surface area contributed by atoms with Crippen molar-refractivity contribution < 1.29 is 4.74 Å². The van der Waals surface area contributed by atoms with E-state index in [0.717, 1.165) is 12.5 Å². The fourth-order valence-corrected chi connectivity index (χ4v) is 1.91. The minimum absolute atomic E-state index is 0. The molecule has 1 fully saturated rings. The molecule has 0 atom stereocenters. The molecule has 0 amide bonds. The normalized spacial score (nSPS) is 14.6. The van der Waals surface area contributed by atoms with Crippen LogP contribution in [0.2, 0.25) is 0 Å². The summed E-state index contributed by atoms with van der Waals surface area (Å²) in [6.45, 7) is 4.29. The predicted molar refractivity (Wildman–Crippen MR) is 93.5 cm³/mol. The van der Waals surface area contributed by atoms with Gasteiger partial charge < -0.3 is 15.4 Å². The van der Waals surface area contributed by atoms with Crippen molar-refractivity contribution in [3.05, 3.63) is 35.4 Å². The van der Waals surface area contributed by atoms with Crippen molar-refractivity contribution in [1.82, 2.24) is 10.6 Å². The third-order valence-electron chi connectivity index (χ3n) is 3.09. The zero-order valence-corrected chi connectivity index (χ0v) is 14.5. The summed E-state index contributed by atoms with van der Waals surface area (Å²) < 4.78 is 5.22. The summed E-state index contributed by atoms with van der Waals surface area (Å²) in [5.41, 5.74) is 2.42. The van der Waals surface area contributed by atoms with Crippen LogP contribution in [-0.2, 0) is 17.9 Å². The summed E-state index contributed by atoms with van der Waals surface area (Å²) in [5, 5.41) is 6.70. The number of methoxy groups -OCH3 is 1. The third-order valence-corrected chi connectivity index (χ3v) is 3.09. The van der Waals surface area contributed by atoms with Gasteiger partial charge in [-0.05, 0) is 30.9 Å². The molecule has 0 spiro atoms. The fraction of sp³-hybridized carbons (Fsp3) is 0.533. The molecule has 4 nitrogen and oxygen atoms in total. The van der Waals surface area contributed by atoms with Crippen LogP contribution in [-0.4, -0.2) is 25.7 Å². The van der Waals surface area contributed by atoms with Crippen molar-refractivity contribution in [2.75, 3.05) is 13.7 Å². The third kappa shape index (κ3) is 5.66. The maximum atomic E-state index is 5.22. The van der Waals surface area contributed by atoms with Gasteiger partial charge in [-0.2, -0.15) is 0 Å². The minimum Gasteiger partial charge on any atom is -0.380 e. The Labute approximate surface area is 138 Å². The maximum absolute atomic E-state index is 5.22. The number of ether oxygens (including phenoxy) is 1. The topological polar surface area (TPSA) is 45.7 Å². The zero-order valence-electron chi connectivity index (χ0n) is 12.2. The minimum atomic E-state index is 0. The van der Waals surface area contributed by atoms with Crippen LogP contribution in [0.1, 0.15) is 30.9 Å². The quantitative estimate of drug-likeness (QED) is 0.447. The largest absolute Gasteiger partial charge is 0.380 e. The predicted octanol–water partition coefficient (Wildman–Crippen LogP) is 2.67. The summed E-state index contributed by atoms with van der Waals surface area (Å²) in [7, 11) is 1.72. The highest BCUT2D eigenvalue weighted by Crippen LogP contribution is 2.18. The summed E-state index contributed by atoms with van der Waals surface area (Å²) in [5.74, 6) is 0.914. The van der Waals surface area contributed by atoms with Gasteiger partial charge in [0.2, 0.25) is 0 Å². The van der Waals surface area contributed by atoms with Gasteiger partial charge in [-0.1, -0.05) is 24.3 Å². The lowest BCUT2D eigenvalue weighted by Crippen LogP contribution is -2.38. The molecule has 0 aromatic heterocycles. The first-order valence-corrected chi connectivity index (χ1v) is 6.94. The van der Waals surface area contributed by atoms with Crippen LogP contribution in [0.25, 0.3) is 0 Å². The van der Waals surface area contributed by atoms with Crippen LogP contribution in [0.4, 0.5) is 0 Å². The SMILES string of the molecule is CCNC(=NCc1ccccc1COC)NC1CC1.I. The van der Waals surface area contributed by atoms with Gasteiger partial charge >= 0.3 is 0 Å². The second kappa shape index (κ2) is 9.18. The van der Waals surface area contributed by atoms with E-state index < -0.39 is 0 Å². The zero-order chi connectivity index (χ0) is 13.5. The van der Waals surface area contributed by atoms with Gasteiger partial charge in [-0.15, -0.1) is 24.0 Å². The first kappa shape index (κ1) is 17.2. The molecule has 20 heavy (non-hydrogen) atoms. The number of benzene rings is 1. The van der Waals surface area contributed by atoms with Crippen molar-refractivity contribution in [2.45, 2.75) is 39.0 Å².